The second kappa shape index (κ2) is 5.01. The molecule has 0 radical (unpaired) electrons. The number of hydrogen-bond donors (Lipinski definition) is 2. The van der Waals surface area contributed by atoms with Crippen molar-refractivity contribution < 1.29 is 19.4 Å². The maximum absolute atomic E-state index is 10.6. The van der Waals surface area contributed by atoms with Crippen LogP contribution in [0.4, 0.5) is 0 Å². The van der Waals surface area contributed by atoms with E-state index in [9.17, 15) is 4.79 Å². The molecule has 0 aliphatic rings. The van der Waals surface area contributed by atoms with Gasteiger partial charge in [0.05, 0.1) is 18.7 Å². The van der Waals surface area contributed by atoms with Gasteiger partial charge in [-0.05, 0) is 24.6 Å². The zero-order chi connectivity index (χ0) is 13.1. The highest BCUT2D eigenvalue weighted by Crippen LogP contribution is 2.22. The predicted molar refractivity (Wildman–Crippen MR) is 63.9 cm³/mol. The van der Waals surface area contributed by atoms with E-state index in [0.29, 0.717) is 17.3 Å². The van der Waals surface area contributed by atoms with Gasteiger partial charge in [0, 0.05) is 5.56 Å². The topological polar surface area (TPSA) is 83.6 Å². The first-order valence-electron chi connectivity index (χ1n) is 5.48. The number of carboxylic acids is 1. The van der Waals surface area contributed by atoms with Crippen LogP contribution in [0.5, 0.6) is 0 Å². The minimum absolute atomic E-state index is 0.0187. The number of nitrogens with zero attached hydrogens (tertiary/aromatic N) is 1. The Morgan fingerprint density at radius 1 is 1.33 bits per heavy atom. The molecular weight excluding hydrogens is 234 g/mol. The van der Waals surface area contributed by atoms with E-state index in [0.717, 1.165) is 11.1 Å². The number of aliphatic carboxylic acids is 1. The molecule has 5 heteroatoms. The van der Waals surface area contributed by atoms with Crippen LogP contribution in [0.15, 0.2) is 28.7 Å². The molecule has 5 nitrogen and oxygen atoms in total. The zero-order valence-corrected chi connectivity index (χ0v) is 9.88. The lowest BCUT2D eigenvalue weighted by Crippen LogP contribution is -2.01. The predicted octanol–water partition coefficient (Wildman–Crippen LogP) is 1.77. The van der Waals surface area contributed by atoms with E-state index in [-0.39, 0.29) is 13.0 Å². The Kier molecular flexibility index (Phi) is 3.43. The highest BCUT2D eigenvalue weighted by molar-refractivity contribution is 5.70. The van der Waals surface area contributed by atoms with E-state index in [1.54, 1.807) is 31.2 Å². The van der Waals surface area contributed by atoms with Gasteiger partial charge in [-0.3, -0.25) is 4.79 Å². The van der Waals surface area contributed by atoms with Gasteiger partial charge in [0.15, 0.2) is 0 Å². The summed E-state index contributed by atoms with van der Waals surface area (Å²) in [6.07, 6.45) is -0.149. The molecule has 1 aromatic heterocycles. The van der Waals surface area contributed by atoms with Crippen molar-refractivity contribution in [3.63, 3.8) is 0 Å². The van der Waals surface area contributed by atoms with Crippen molar-refractivity contribution >= 4 is 5.97 Å². The smallest absolute Gasteiger partial charge is 0.309 e. The summed E-state index contributed by atoms with van der Waals surface area (Å²) in [7, 11) is 0. The van der Waals surface area contributed by atoms with Gasteiger partial charge in [-0.15, -0.1) is 0 Å². The van der Waals surface area contributed by atoms with Crippen LogP contribution >= 0.6 is 0 Å². The average molecular weight is 247 g/mol. The maximum atomic E-state index is 10.6. The molecule has 0 saturated heterocycles. The Hall–Kier alpha value is -2.14. The van der Waals surface area contributed by atoms with E-state index in [2.05, 4.69) is 4.98 Å². The fourth-order valence-electron chi connectivity index (χ4n) is 1.61. The fourth-order valence-corrected chi connectivity index (χ4v) is 1.61. The molecule has 18 heavy (non-hydrogen) atoms. The lowest BCUT2D eigenvalue weighted by Gasteiger charge is -1.97. The Bertz CT molecular complexity index is 557. The van der Waals surface area contributed by atoms with Crippen molar-refractivity contribution in [1.29, 1.82) is 0 Å². The maximum Gasteiger partial charge on any atom is 0.309 e. The average Bonchev–Trinajstić information content (AvgIpc) is 2.70. The van der Waals surface area contributed by atoms with Crippen LogP contribution in [-0.4, -0.2) is 21.2 Å². The molecule has 1 aromatic carbocycles. The molecule has 0 atom stereocenters. The van der Waals surface area contributed by atoms with Crippen LogP contribution in [0.3, 0.4) is 0 Å². The number of benzene rings is 1. The van der Waals surface area contributed by atoms with Gasteiger partial charge in [-0.25, -0.2) is 4.98 Å². The summed E-state index contributed by atoms with van der Waals surface area (Å²) in [5.74, 6) is -0.0274. The number of aryl methyl sites for hydroxylation is 1. The monoisotopic (exact) mass is 247 g/mol. The molecular formula is C13H13NO4. The number of oxazole rings is 1. The van der Waals surface area contributed by atoms with E-state index in [4.69, 9.17) is 14.6 Å². The summed E-state index contributed by atoms with van der Waals surface area (Å²) in [6, 6.07) is 7.10. The van der Waals surface area contributed by atoms with Crippen molar-refractivity contribution in [2.75, 3.05) is 0 Å². The molecule has 0 aliphatic heterocycles. The summed E-state index contributed by atoms with van der Waals surface area (Å²) >= 11 is 0. The first-order chi connectivity index (χ1) is 8.60. The lowest BCUT2D eigenvalue weighted by atomic mass is 10.1. The molecule has 0 fully saturated rings. The summed E-state index contributed by atoms with van der Waals surface area (Å²) in [5, 5.41) is 17.7. The first kappa shape index (κ1) is 12.3. The molecule has 0 unspecified atom stereocenters. The molecule has 1 heterocycles. The summed E-state index contributed by atoms with van der Waals surface area (Å²) in [4.78, 5) is 14.8. The standard InChI is InChI=1S/C13H13NO4/c1-8-11(6-12(16)17)14-13(18-8)10-4-2-9(7-15)3-5-10/h2-5,15H,6-7H2,1H3,(H,16,17). The highest BCUT2D eigenvalue weighted by atomic mass is 16.4. The molecule has 0 amide bonds. The molecule has 94 valence electrons. The van der Waals surface area contributed by atoms with Gasteiger partial charge >= 0.3 is 5.97 Å². The Labute approximate surface area is 104 Å². The molecule has 0 aliphatic carbocycles. The van der Waals surface area contributed by atoms with Gasteiger partial charge in [-0.2, -0.15) is 0 Å². The van der Waals surface area contributed by atoms with Gasteiger partial charge in [0.2, 0.25) is 5.89 Å². The number of aliphatic hydroxyl groups excluding tert-OH is 1. The quantitative estimate of drug-likeness (QED) is 0.860. The summed E-state index contributed by atoms with van der Waals surface area (Å²) in [5.41, 5.74) is 1.99. The van der Waals surface area contributed by atoms with Gasteiger partial charge in [0.25, 0.3) is 0 Å². The van der Waals surface area contributed by atoms with Crippen molar-refractivity contribution in [1.82, 2.24) is 4.98 Å². The van der Waals surface area contributed by atoms with Crippen LogP contribution in [0.25, 0.3) is 11.5 Å². The van der Waals surface area contributed by atoms with Crippen LogP contribution in [-0.2, 0) is 17.8 Å². The minimum Gasteiger partial charge on any atom is -0.481 e. The molecule has 0 spiro atoms. The third kappa shape index (κ3) is 2.57. The van der Waals surface area contributed by atoms with Gasteiger partial charge in [0.1, 0.15) is 5.76 Å². The SMILES string of the molecule is Cc1oc(-c2ccc(CO)cc2)nc1CC(=O)O. The Balaban J connectivity index is 2.30. The lowest BCUT2D eigenvalue weighted by molar-refractivity contribution is -0.136. The zero-order valence-electron chi connectivity index (χ0n) is 9.88. The molecule has 2 aromatic rings. The third-order valence-electron chi connectivity index (χ3n) is 2.59. The van der Waals surface area contributed by atoms with Crippen LogP contribution < -0.4 is 0 Å². The Morgan fingerprint density at radius 3 is 2.56 bits per heavy atom. The van der Waals surface area contributed by atoms with E-state index < -0.39 is 5.97 Å². The largest absolute Gasteiger partial charge is 0.481 e. The van der Waals surface area contributed by atoms with Crippen LogP contribution in [0.2, 0.25) is 0 Å². The van der Waals surface area contributed by atoms with Crippen LogP contribution in [0.1, 0.15) is 17.0 Å². The van der Waals surface area contributed by atoms with Gasteiger partial charge < -0.3 is 14.6 Å². The number of hydrogen-bond acceptors (Lipinski definition) is 4. The molecule has 0 bridgehead atoms. The number of rotatable bonds is 4. The van der Waals surface area contributed by atoms with Gasteiger partial charge in [-0.1, -0.05) is 12.1 Å². The molecule has 0 saturated carbocycles. The molecule has 2 N–H and O–H groups in total. The van der Waals surface area contributed by atoms with E-state index in [1.165, 1.54) is 0 Å². The van der Waals surface area contributed by atoms with E-state index >= 15 is 0 Å². The van der Waals surface area contributed by atoms with Crippen molar-refractivity contribution in [3.8, 4) is 11.5 Å². The summed E-state index contributed by atoms with van der Waals surface area (Å²) in [6.45, 7) is 1.67. The van der Waals surface area contributed by atoms with Crippen molar-refractivity contribution in [2.24, 2.45) is 0 Å². The highest BCUT2D eigenvalue weighted by Gasteiger charge is 2.13. The number of carbonyl (C=O) groups is 1. The fraction of sp³-hybridized carbons (Fsp3) is 0.231. The Morgan fingerprint density at radius 2 is 2.00 bits per heavy atom. The van der Waals surface area contributed by atoms with Crippen molar-refractivity contribution in [2.45, 2.75) is 20.0 Å². The second-order valence-corrected chi connectivity index (χ2v) is 3.95. The third-order valence-corrected chi connectivity index (χ3v) is 2.59. The van der Waals surface area contributed by atoms with Crippen molar-refractivity contribution in [3.05, 3.63) is 41.3 Å². The molecule has 2 rings (SSSR count). The number of aliphatic hydroxyl groups is 1. The van der Waals surface area contributed by atoms with E-state index in [1.807, 2.05) is 0 Å². The number of carboxylic acid groups (broad SMARTS) is 1. The minimum atomic E-state index is -0.937. The normalized spacial score (nSPS) is 10.6. The summed E-state index contributed by atoms with van der Waals surface area (Å²) < 4.78 is 5.44. The number of aromatic nitrogens is 1. The second-order valence-electron chi connectivity index (χ2n) is 3.95. The van der Waals surface area contributed by atoms with Crippen LogP contribution in [0, 0.1) is 6.92 Å². The first-order valence-corrected chi connectivity index (χ1v) is 5.48.